The van der Waals surface area contributed by atoms with E-state index in [1.54, 1.807) is 0 Å². The Morgan fingerprint density at radius 3 is 3.00 bits per heavy atom. The summed E-state index contributed by atoms with van der Waals surface area (Å²) in [7, 11) is 0. The molecule has 1 unspecified atom stereocenters. The second-order valence-electron chi connectivity index (χ2n) is 4.31. The molecule has 1 aliphatic heterocycles. The fourth-order valence-electron chi connectivity index (χ4n) is 2.17. The first-order valence-corrected chi connectivity index (χ1v) is 5.81. The minimum Gasteiger partial charge on any atom is -0.398 e. The first-order chi connectivity index (χ1) is 8.34. The van der Waals surface area contributed by atoms with Crippen LogP contribution in [0.4, 0.5) is 5.69 Å². The minimum atomic E-state index is 0.369. The van der Waals surface area contributed by atoms with Gasteiger partial charge < -0.3 is 10.5 Å². The van der Waals surface area contributed by atoms with Crippen LogP contribution in [-0.4, -0.2) is 23.0 Å². The molecule has 1 atom stereocenters. The number of hydrogen-bond acceptors (Lipinski definition) is 3. The molecule has 4 heteroatoms. The fraction of sp³-hybridized carbons (Fsp3) is 0.308. The van der Waals surface area contributed by atoms with Gasteiger partial charge in [0.1, 0.15) is 0 Å². The maximum atomic E-state index is 5.95. The van der Waals surface area contributed by atoms with Crippen molar-refractivity contribution in [2.24, 2.45) is 0 Å². The molecule has 0 bridgehead atoms. The standard InChI is InChI=1S/C13H15N3O/c14-13-4-2-1-3-12(13)10-7-15-16(8-10)11-5-6-17-9-11/h1-4,7-8,11H,5-6,9,14H2. The molecule has 88 valence electrons. The summed E-state index contributed by atoms with van der Waals surface area (Å²) in [6.07, 6.45) is 4.94. The quantitative estimate of drug-likeness (QED) is 0.802. The SMILES string of the molecule is Nc1ccccc1-c1cnn(C2CCOC2)c1. The summed E-state index contributed by atoms with van der Waals surface area (Å²) in [6, 6.07) is 8.22. The number of hydrogen-bond donors (Lipinski definition) is 1. The molecule has 1 aliphatic rings. The van der Waals surface area contributed by atoms with Gasteiger partial charge in [0, 0.05) is 29.6 Å². The molecule has 17 heavy (non-hydrogen) atoms. The van der Waals surface area contributed by atoms with Gasteiger partial charge in [-0.25, -0.2) is 0 Å². The topological polar surface area (TPSA) is 53.1 Å². The van der Waals surface area contributed by atoms with Crippen molar-refractivity contribution in [1.82, 2.24) is 9.78 Å². The van der Waals surface area contributed by atoms with Crippen LogP contribution in [0.25, 0.3) is 11.1 Å². The summed E-state index contributed by atoms with van der Waals surface area (Å²) in [5, 5.41) is 4.40. The van der Waals surface area contributed by atoms with E-state index in [4.69, 9.17) is 10.5 Å². The number of nitrogens with two attached hydrogens (primary N) is 1. The van der Waals surface area contributed by atoms with Crippen molar-refractivity contribution in [3.63, 3.8) is 0 Å². The largest absolute Gasteiger partial charge is 0.398 e. The predicted octanol–water partition coefficient (Wildman–Crippen LogP) is 2.09. The number of rotatable bonds is 2. The molecule has 4 nitrogen and oxygen atoms in total. The third-order valence-corrected chi connectivity index (χ3v) is 3.15. The molecule has 1 aromatic heterocycles. The van der Waals surface area contributed by atoms with Gasteiger partial charge in [0.2, 0.25) is 0 Å². The predicted molar refractivity (Wildman–Crippen MR) is 66.5 cm³/mol. The van der Waals surface area contributed by atoms with E-state index in [9.17, 15) is 0 Å². The van der Waals surface area contributed by atoms with E-state index < -0.39 is 0 Å². The second kappa shape index (κ2) is 4.22. The van der Waals surface area contributed by atoms with Crippen LogP contribution in [-0.2, 0) is 4.74 Å². The smallest absolute Gasteiger partial charge is 0.0774 e. The molecule has 0 amide bonds. The Labute approximate surface area is 100 Å². The summed E-state index contributed by atoms with van der Waals surface area (Å²) in [5.41, 5.74) is 8.84. The Kier molecular flexibility index (Phi) is 2.57. The average molecular weight is 229 g/mol. The monoisotopic (exact) mass is 229 g/mol. The molecule has 0 spiro atoms. The van der Waals surface area contributed by atoms with Crippen LogP contribution in [0.1, 0.15) is 12.5 Å². The van der Waals surface area contributed by atoms with Crippen LogP contribution < -0.4 is 5.73 Å². The fourth-order valence-corrected chi connectivity index (χ4v) is 2.17. The molecule has 0 aliphatic carbocycles. The Hall–Kier alpha value is -1.81. The number of para-hydroxylation sites is 1. The molecule has 1 fully saturated rings. The Morgan fingerprint density at radius 2 is 2.24 bits per heavy atom. The summed E-state index contributed by atoms with van der Waals surface area (Å²) in [5.74, 6) is 0. The Morgan fingerprint density at radius 1 is 1.35 bits per heavy atom. The number of aromatic nitrogens is 2. The molecule has 1 saturated heterocycles. The van der Waals surface area contributed by atoms with Gasteiger partial charge in [0.15, 0.2) is 0 Å². The van der Waals surface area contributed by atoms with Crippen LogP contribution in [0.5, 0.6) is 0 Å². The third kappa shape index (κ3) is 1.91. The zero-order valence-corrected chi connectivity index (χ0v) is 9.54. The molecular weight excluding hydrogens is 214 g/mol. The van der Waals surface area contributed by atoms with E-state index in [2.05, 4.69) is 5.10 Å². The van der Waals surface area contributed by atoms with E-state index in [1.165, 1.54) is 0 Å². The highest BCUT2D eigenvalue weighted by molar-refractivity contribution is 5.75. The molecule has 0 radical (unpaired) electrons. The zero-order chi connectivity index (χ0) is 11.7. The highest BCUT2D eigenvalue weighted by atomic mass is 16.5. The molecule has 2 aromatic rings. The molecule has 2 N–H and O–H groups in total. The Bertz CT molecular complexity index is 515. The molecule has 0 saturated carbocycles. The molecule has 3 rings (SSSR count). The van der Waals surface area contributed by atoms with E-state index in [-0.39, 0.29) is 0 Å². The van der Waals surface area contributed by atoms with Crippen LogP contribution in [0.2, 0.25) is 0 Å². The number of ether oxygens (including phenoxy) is 1. The van der Waals surface area contributed by atoms with Gasteiger partial charge in [-0.2, -0.15) is 5.10 Å². The lowest BCUT2D eigenvalue weighted by Crippen LogP contribution is -2.08. The van der Waals surface area contributed by atoms with E-state index in [0.717, 1.165) is 36.4 Å². The summed E-state index contributed by atoms with van der Waals surface area (Å²) >= 11 is 0. The second-order valence-corrected chi connectivity index (χ2v) is 4.31. The summed E-state index contributed by atoms with van der Waals surface area (Å²) < 4.78 is 7.35. The first kappa shape index (κ1) is 10.4. The lowest BCUT2D eigenvalue weighted by molar-refractivity contribution is 0.184. The minimum absolute atomic E-state index is 0.369. The van der Waals surface area contributed by atoms with Crippen molar-refractivity contribution < 1.29 is 4.74 Å². The number of benzene rings is 1. The third-order valence-electron chi connectivity index (χ3n) is 3.15. The maximum absolute atomic E-state index is 5.95. The van der Waals surface area contributed by atoms with Crippen LogP contribution in [0, 0.1) is 0 Å². The van der Waals surface area contributed by atoms with Gasteiger partial charge in [0.05, 0.1) is 18.8 Å². The lowest BCUT2D eigenvalue weighted by atomic mass is 10.1. The first-order valence-electron chi connectivity index (χ1n) is 5.81. The van der Waals surface area contributed by atoms with Crippen molar-refractivity contribution in [2.45, 2.75) is 12.5 Å². The van der Waals surface area contributed by atoms with Crippen molar-refractivity contribution in [1.29, 1.82) is 0 Å². The van der Waals surface area contributed by atoms with E-state index >= 15 is 0 Å². The zero-order valence-electron chi connectivity index (χ0n) is 9.54. The van der Waals surface area contributed by atoms with Gasteiger partial charge in [0.25, 0.3) is 0 Å². The van der Waals surface area contributed by atoms with Crippen LogP contribution in [0.15, 0.2) is 36.7 Å². The highest BCUT2D eigenvalue weighted by Gasteiger charge is 2.18. The Balaban J connectivity index is 1.92. The van der Waals surface area contributed by atoms with Crippen molar-refractivity contribution in [3.8, 4) is 11.1 Å². The normalized spacial score (nSPS) is 19.6. The number of nitrogens with zero attached hydrogens (tertiary/aromatic N) is 2. The number of anilines is 1. The van der Waals surface area contributed by atoms with Gasteiger partial charge in [-0.05, 0) is 12.5 Å². The summed E-state index contributed by atoms with van der Waals surface area (Å²) in [6.45, 7) is 1.58. The van der Waals surface area contributed by atoms with Gasteiger partial charge in [-0.15, -0.1) is 0 Å². The van der Waals surface area contributed by atoms with E-state index in [0.29, 0.717) is 6.04 Å². The maximum Gasteiger partial charge on any atom is 0.0774 e. The van der Waals surface area contributed by atoms with Crippen molar-refractivity contribution in [3.05, 3.63) is 36.7 Å². The molecule has 1 aromatic carbocycles. The van der Waals surface area contributed by atoms with Gasteiger partial charge >= 0.3 is 0 Å². The number of nitrogen functional groups attached to an aromatic ring is 1. The van der Waals surface area contributed by atoms with Crippen LogP contribution in [0.3, 0.4) is 0 Å². The summed E-state index contributed by atoms with van der Waals surface area (Å²) in [4.78, 5) is 0. The van der Waals surface area contributed by atoms with Crippen molar-refractivity contribution in [2.75, 3.05) is 18.9 Å². The van der Waals surface area contributed by atoms with Crippen LogP contribution >= 0.6 is 0 Å². The molecular formula is C13H15N3O. The van der Waals surface area contributed by atoms with Crippen molar-refractivity contribution >= 4 is 5.69 Å². The molecule has 2 heterocycles. The van der Waals surface area contributed by atoms with E-state index in [1.807, 2.05) is 41.3 Å². The highest BCUT2D eigenvalue weighted by Crippen LogP contribution is 2.27. The average Bonchev–Trinajstić information content (AvgIpc) is 3.00. The van der Waals surface area contributed by atoms with Gasteiger partial charge in [-0.1, -0.05) is 18.2 Å². The van der Waals surface area contributed by atoms with Gasteiger partial charge in [-0.3, -0.25) is 4.68 Å². The lowest BCUT2D eigenvalue weighted by Gasteiger charge is -2.07.